The minimum absolute atomic E-state index is 0.0436. The Labute approximate surface area is 172 Å². The lowest BCUT2D eigenvalue weighted by Gasteiger charge is -2.20. The predicted octanol–water partition coefficient (Wildman–Crippen LogP) is 3.84. The van der Waals surface area contributed by atoms with Crippen molar-refractivity contribution in [3.05, 3.63) is 55.9 Å². The summed E-state index contributed by atoms with van der Waals surface area (Å²) in [7, 11) is 0. The third-order valence-electron chi connectivity index (χ3n) is 4.95. The summed E-state index contributed by atoms with van der Waals surface area (Å²) < 4.78 is 1.30. The molecule has 2 N–H and O–H groups in total. The van der Waals surface area contributed by atoms with E-state index in [1.165, 1.54) is 9.95 Å². The molecule has 3 rings (SSSR count). The Morgan fingerprint density at radius 1 is 1.24 bits per heavy atom. The average Bonchev–Trinajstić information content (AvgIpc) is 3.08. The fourth-order valence-corrected chi connectivity index (χ4v) is 4.50. The van der Waals surface area contributed by atoms with Crippen LogP contribution in [0.5, 0.6) is 0 Å². The van der Waals surface area contributed by atoms with Crippen LogP contribution in [0.3, 0.4) is 0 Å². The molecule has 7 nitrogen and oxygen atoms in total. The summed E-state index contributed by atoms with van der Waals surface area (Å²) in [6.45, 7) is 9.29. The molecule has 3 aromatic rings. The van der Waals surface area contributed by atoms with Gasteiger partial charge in [-0.15, -0.1) is 11.3 Å². The van der Waals surface area contributed by atoms with Crippen molar-refractivity contribution in [1.82, 2.24) is 9.55 Å². The number of aromatic carboxylic acids is 1. The van der Waals surface area contributed by atoms with Crippen LogP contribution in [0.1, 0.15) is 52.8 Å². The number of nitrogens with one attached hydrogen (secondary N) is 1. The van der Waals surface area contributed by atoms with Gasteiger partial charge in [-0.25, -0.2) is 9.78 Å². The molecule has 152 valence electrons. The molecule has 0 aliphatic heterocycles. The molecular formula is C21H23N3O4S. The molecule has 2 aromatic heterocycles. The van der Waals surface area contributed by atoms with E-state index in [1.807, 2.05) is 39.8 Å². The number of aryl methyl sites for hydroxylation is 4. The highest BCUT2D eigenvalue weighted by Crippen LogP contribution is 2.25. The fraction of sp³-hybridized carbons (Fsp3) is 0.333. The first-order chi connectivity index (χ1) is 13.6. The monoisotopic (exact) mass is 413 g/mol. The number of aromatic nitrogens is 2. The first-order valence-corrected chi connectivity index (χ1v) is 10.2. The Bertz CT molecular complexity index is 1170. The lowest BCUT2D eigenvalue weighted by Crippen LogP contribution is -2.35. The maximum Gasteiger partial charge on any atom is 0.337 e. The molecule has 1 amide bonds. The Morgan fingerprint density at radius 2 is 1.86 bits per heavy atom. The number of carbonyl (C=O) groups excluding carboxylic acids is 1. The first kappa shape index (κ1) is 20.7. The van der Waals surface area contributed by atoms with Crippen molar-refractivity contribution in [3.8, 4) is 0 Å². The van der Waals surface area contributed by atoms with Gasteiger partial charge in [0.15, 0.2) is 0 Å². The number of hydrogen-bond donors (Lipinski definition) is 2. The number of thiophene rings is 1. The number of carbonyl (C=O) groups is 2. The lowest BCUT2D eigenvalue weighted by atomic mass is 10.0. The van der Waals surface area contributed by atoms with E-state index in [0.29, 0.717) is 22.8 Å². The zero-order valence-electron chi connectivity index (χ0n) is 17.0. The number of fused-ring (bicyclic) bond motifs is 1. The molecule has 0 saturated heterocycles. The van der Waals surface area contributed by atoms with Gasteiger partial charge in [0.25, 0.3) is 5.56 Å². The summed E-state index contributed by atoms with van der Waals surface area (Å²) >= 11 is 1.12. The summed E-state index contributed by atoms with van der Waals surface area (Å²) in [6, 6.07) is 3.11. The third-order valence-corrected chi connectivity index (χ3v) is 5.82. The van der Waals surface area contributed by atoms with Gasteiger partial charge in [-0.05, 0) is 38.8 Å². The van der Waals surface area contributed by atoms with Crippen LogP contribution < -0.4 is 10.9 Å². The maximum absolute atomic E-state index is 13.2. The van der Waals surface area contributed by atoms with Crippen molar-refractivity contribution in [2.24, 2.45) is 0 Å². The van der Waals surface area contributed by atoms with Gasteiger partial charge in [-0.2, -0.15) is 0 Å². The molecule has 1 atom stereocenters. The predicted molar refractivity (Wildman–Crippen MR) is 114 cm³/mol. The highest BCUT2D eigenvalue weighted by Gasteiger charge is 2.25. The Hall–Kier alpha value is -3.00. The highest BCUT2D eigenvalue weighted by atomic mass is 32.1. The van der Waals surface area contributed by atoms with E-state index in [1.54, 1.807) is 6.92 Å². The Kier molecular flexibility index (Phi) is 5.57. The molecule has 0 aliphatic carbocycles. The lowest BCUT2D eigenvalue weighted by molar-refractivity contribution is -0.119. The van der Waals surface area contributed by atoms with Gasteiger partial charge in [0, 0.05) is 17.5 Å². The standard InChI is InChI=1S/C21H23N3O4S/c1-6-15-22-19-16(14(9-29-19)21(27)28)20(26)24(15)13(5)18(25)23-17-11(3)7-10(2)8-12(17)4/h7-9,13H,6H2,1-5H3,(H,23,25)(H,27,28). The molecule has 29 heavy (non-hydrogen) atoms. The molecule has 0 saturated carbocycles. The largest absolute Gasteiger partial charge is 0.478 e. The van der Waals surface area contributed by atoms with Gasteiger partial charge >= 0.3 is 5.97 Å². The molecule has 1 unspecified atom stereocenters. The van der Waals surface area contributed by atoms with Gasteiger partial charge in [0.2, 0.25) is 5.91 Å². The van der Waals surface area contributed by atoms with Crippen LogP contribution in [0.2, 0.25) is 0 Å². The van der Waals surface area contributed by atoms with Crippen LogP contribution in [0.25, 0.3) is 10.2 Å². The molecule has 0 fully saturated rings. The quantitative estimate of drug-likeness (QED) is 0.662. The third kappa shape index (κ3) is 3.67. The number of amides is 1. The van der Waals surface area contributed by atoms with E-state index in [9.17, 15) is 19.5 Å². The van der Waals surface area contributed by atoms with Crippen molar-refractivity contribution in [3.63, 3.8) is 0 Å². The van der Waals surface area contributed by atoms with E-state index >= 15 is 0 Å². The van der Waals surface area contributed by atoms with Crippen molar-refractivity contribution < 1.29 is 14.7 Å². The number of carboxylic acid groups (broad SMARTS) is 1. The second-order valence-corrected chi connectivity index (χ2v) is 7.99. The van der Waals surface area contributed by atoms with Crippen LogP contribution in [0.15, 0.2) is 22.3 Å². The average molecular weight is 413 g/mol. The van der Waals surface area contributed by atoms with Crippen molar-refractivity contribution in [2.45, 2.75) is 47.1 Å². The number of hydrogen-bond acceptors (Lipinski definition) is 5. The van der Waals surface area contributed by atoms with Crippen LogP contribution >= 0.6 is 11.3 Å². The molecule has 8 heteroatoms. The van der Waals surface area contributed by atoms with Crippen LogP contribution in [-0.4, -0.2) is 26.5 Å². The summed E-state index contributed by atoms with van der Waals surface area (Å²) in [4.78, 5) is 42.5. The Morgan fingerprint density at radius 3 is 2.41 bits per heavy atom. The molecule has 2 heterocycles. The number of anilines is 1. The zero-order chi connectivity index (χ0) is 21.5. The molecule has 0 aliphatic rings. The van der Waals surface area contributed by atoms with Crippen LogP contribution in [0.4, 0.5) is 5.69 Å². The van der Waals surface area contributed by atoms with Crippen LogP contribution in [0, 0.1) is 20.8 Å². The second kappa shape index (κ2) is 7.79. The van der Waals surface area contributed by atoms with Gasteiger partial charge in [0.1, 0.15) is 16.7 Å². The van der Waals surface area contributed by atoms with E-state index in [4.69, 9.17) is 0 Å². The Balaban J connectivity index is 2.08. The van der Waals surface area contributed by atoms with Crippen molar-refractivity contribution in [1.29, 1.82) is 0 Å². The van der Waals surface area contributed by atoms with E-state index in [2.05, 4.69) is 10.3 Å². The smallest absolute Gasteiger partial charge is 0.337 e. The summed E-state index contributed by atoms with van der Waals surface area (Å²) in [5.74, 6) is -1.10. The molecule has 0 spiro atoms. The van der Waals surface area contributed by atoms with Crippen molar-refractivity contribution in [2.75, 3.05) is 5.32 Å². The summed E-state index contributed by atoms with van der Waals surface area (Å²) in [5, 5.41) is 13.8. The molecule has 0 bridgehead atoms. The number of nitrogens with zero attached hydrogens (tertiary/aromatic N) is 2. The van der Waals surface area contributed by atoms with Crippen LogP contribution in [-0.2, 0) is 11.2 Å². The first-order valence-electron chi connectivity index (χ1n) is 9.30. The van der Waals surface area contributed by atoms with E-state index in [0.717, 1.165) is 28.0 Å². The number of carboxylic acids is 1. The van der Waals surface area contributed by atoms with Crippen molar-refractivity contribution >= 4 is 39.1 Å². The minimum atomic E-state index is -1.19. The van der Waals surface area contributed by atoms with Gasteiger partial charge in [-0.3, -0.25) is 14.2 Å². The number of benzene rings is 1. The molecule has 1 aromatic carbocycles. The molecular weight excluding hydrogens is 390 g/mol. The topological polar surface area (TPSA) is 101 Å². The number of rotatable bonds is 5. The maximum atomic E-state index is 13.2. The SMILES string of the molecule is CCc1nc2scc(C(=O)O)c2c(=O)n1C(C)C(=O)Nc1c(C)cc(C)cc1C. The van der Waals surface area contributed by atoms with E-state index < -0.39 is 17.6 Å². The normalized spacial score (nSPS) is 12.2. The minimum Gasteiger partial charge on any atom is -0.478 e. The molecule has 0 radical (unpaired) electrons. The summed E-state index contributed by atoms with van der Waals surface area (Å²) in [5.41, 5.74) is 3.09. The fourth-order valence-electron chi connectivity index (χ4n) is 3.57. The van der Waals surface area contributed by atoms with Gasteiger partial charge in [-0.1, -0.05) is 24.6 Å². The summed E-state index contributed by atoms with van der Waals surface area (Å²) in [6.07, 6.45) is 0.436. The highest BCUT2D eigenvalue weighted by molar-refractivity contribution is 7.17. The van der Waals surface area contributed by atoms with Gasteiger partial charge < -0.3 is 10.4 Å². The van der Waals surface area contributed by atoms with Gasteiger partial charge in [0.05, 0.1) is 10.9 Å². The van der Waals surface area contributed by atoms with E-state index in [-0.39, 0.29) is 16.9 Å². The zero-order valence-corrected chi connectivity index (χ0v) is 17.8. The second-order valence-electron chi connectivity index (χ2n) is 7.13.